The van der Waals surface area contributed by atoms with Crippen molar-refractivity contribution in [2.75, 3.05) is 0 Å². The highest BCUT2D eigenvalue weighted by Crippen LogP contribution is 2.23. The van der Waals surface area contributed by atoms with E-state index >= 15 is 0 Å². The number of rotatable bonds is 2. The van der Waals surface area contributed by atoms with Gasteiger partial charge in [0.25, 0.3) is 0 Å². The largest absolute Gasteiger partial charge is 0.508 e. The second-order valence-corrected chi connectivity index (χ2v) is 7.75. The Morgan fingerprint density at radius 1 is 0.833 bits per heavy atom. The van der Waals surface area contributed by atoms with Crippen LogP contribution in [0.4, 0.5) is 5.69 Å². The number of halogens is 2. The summed E-state index contributed by atoms with van der Waals surface area (Å²) in [4.78, 5) is 3.42. The van der Waals surface area contributed by atoms with Crippen LogP contribution in [0.5, 0.6) is 5.75 Å². The fraction of sp³-hybridized carbons (Fsp3) is 0. The lowest BCUT2D eigenvalue weighted by Gasteiger charge is -2.17. The lowest BCUT2D eigenvalue weighted by molar-refractivity contribution is -2.00. The molecule has 0 fully saturated rings. The fourth-order valence-corrected chi connectivity index (χ4v) is 2.98. The van der Waals surface area contributed by atoms with Crippen molar-refractivity contribution in [3.8, 4) is 17.1 Å². The zero-order chi connectivity index (χ0) is 21.7. The molecule has 3 aromatic carbocycles. The van der Waals surface area contributed by atoms with Crippen molar-refractivity contribution in [1.29, 1.82) is 0 Å². The Kier molecular flexibility index (Phi) is 6.88. The first-order valence-corrected chi connectivity index (χ1v) is 10.5. The average Bonchev–Trinajstić information content (AvgIpc) is 2.69. The molecule has 1 aromatic heterocycles. The predicted octanol–water partition coefficient (Wildman–Crippen LogP) is -0.875. The minimum Gasteiger partial charge on any atom is -0.508 e. The van der Waals surface area contributed by atoms with Gasteiger partial charge in [-0.05, 0) is 30.3 Å². The first kappa shape index (κ1) is 22.0. The van der Waals surface area contributed by atoms with Crippen molar-refractivity contribution in [2.24, 2.45) is 0 Å². The normalized spacial score (nSPS) is 11.8. The van der Waals surface area contributed by atoms with E-state index in [-0.39, 0.29) is 5.75 Å². The van der Waals surface area contributed by atoms with Gasteiger partial charge in [-0.1, -0.05) is 46.3 Å². The lowest BCUT2D eigenvalue weighted by Crippen LogP contribution is -2.70. The van der Waals surface area contributed by atoms with Crippen LogP contribution < -0.4 is 29.0 Å². The van der Waals surface area contributed by atoms with Gasteiger partial charge in [0.2, 0.25) is 11.0 Å². The molecule has 0 aliphatic heterocycles. The summed E-state index contributed by atoms with van der Waals surface area (Å²) < 4.78 is 41.0. The first-order chi connectivity index (χ1) is 14.2. The highest BCUT2D eigenvalue weighted by atomic mass is 79.9. The number of fused-ring (bicyclic) bond motifs is 1. The number of benzene rings is 3. The standard InChI is InChI=1S/C21H14BrNO2.ClHO4/c22-15-6-8-16(9-7-15)23-19-13-21(14-4-2-1-3-5-14)25-20-11-10-17(24)12-18(19)20;2-1(3,4)5/h1-13,24H;(H,2,3,4,5). The topological polar surface area (TPSA) is 140 Å². The molecular formula is C21H15BrClNO6. The summed E-state index contributed by atoms with van der Waals surface area (Å²) in [5, 5.41) is 11.6. The monoisotopic (exact) mass is 491 g/mol. The SMILES string of the molecule is Oc1ccc2oc(-c3ccccc3)cc(=[NH+]c3ccc(Br)cc3)c2c1.[O-][Cl+3]([O-])([O-])[O-]. The van der Waals surface area contributed by atoms with Gasteiger partial charge in [0.1, 0.15) is 17.1 Å². The molecule has 0 saturated carbocycles. The van der Waals surface area contributed by atoms with Crippen molar-refractivity contribution in [1.82, 2.24) is 0 Å². The number of phenolic OH excluding ortho intramolecular Hbond substituents is 1. The van der Waals surface area contributed by atoms with Crippen LogP contribution in [0.2, 0.25) is 0 Å². The average molecular weight is 493 g/mol. The molecule has 0 aliphatic carbocycles. The molecule has 0 unspecified atom stereocenters. The van der Waals surface area contributed by atoms with Gasteiger partial charge in [0.05, 0.1) is 11.5 Å². The van der Waals surface area contributed by atoms with Crippen LogP contribution in [0.3, 0.4) is 0 Å². The summed E-state index contributed by atoms with van der Waals surface area (Å²) in [6.07, 6.45) is 0. The summed E-state index contributed by atoms with van der Waals surface area (Å²) in [5.41, 5.74) is 2.66. The molecule has 4 rings (SSSR count). The quantitative estimate of drug-likeness (QED) is 0.373. The predicted molar refractivity (Wildman–Crippen MR) is 101 cm³/mol. The molecule has 0 radical (unpaired) electrons. The third kappa shape index (κ3) is 6.39. The van der Waals surface area contributed by atoms with E-state index in [4.69, 9.17) is 23.1 Å². The van der Waals surface area contributed by atoms with Crippen molar-refractivity contribution >= 4 is 32.6 Å². The van der Waals surface area contributed by atoms with Crippen LogP contribution in [0.1, 0.15) is 0 Å². The molecule has 7 nitrogen and oxygen atoms in total. The second-order valence-electron chi connectivity index (χ2n) is 6.08. The Hall–Kier alpha value is -2.72. The smallest absolute Gasteiger partial charge is 0.218 e. The van der Waals surface area contributed by atoms with Crippen molar-refractivity contribution in [3.63, 3.8) is 0 Å². The van der Waals surface area contributed by atoms with E-state index in [2.05, 4.69) is 20.9 Å². The molecular weight excluding hydrogens is 478 g/mol. The summed E-state index contributed by atoms with van der Waals surface area (Å²) in [6.45, 7) is 0. The third-order valence-corrected chi connectivity index (χ3v) is 4.46. The number of phenols is 1. The van der Waals surface area contributed by atoms with E-state index in [1.54, 1.807) is 18.2 Å². The van der Waals surface area contributed by atoms with Crippen molar-refractivity contribution in [2.45, 2.75) is 0 Å². The molecule has 154 valence electrons. The second kappa shape index (κ2) is 9.40. The van der Waals surface area contributed by atoms with Gasteiger partial charge in [-0.3, -0.25) is 0 Å². The highest BCUT2D eigenvalue weighted by Gasteiger charge is 2.10. The Bertz CT molecular complexity index is 1200. The van der Waals surface area contributed by atoms with Crippen molar-refractivity contribution in [3.05, 3.63) is 88.7 Å². The molecule has 0 saturated heterocycles. The zero-order valence-corrected chi connectivity index (χ0v) is 17.6. The van der Waals surface area contributed by atoms with Crippen LogP contribution in [-0.4, -0.2) is 5.11 Å². The third-order valence-electron chi connectivity index (χ3n) is 3.93. The molecule has 1 heterocycles. The van der Waals surface area contributed by atoms with Crippen LogP contribution in [-0.2, 0) is 0 Å². The Balaban J connectivity index is 0.000000461. The molecule has 4 aromatic rings. The first-order valence-electron chi connectivity index (χ1n) is 8.49. The minimum atomic E-state index is -4.94. The zero-order valence-electron chi connectivity index (χ0n) is 15.2. The Morgan fingerprint density at radius 3 is 2.10 bits per heavy atom. The Morgan fingerprint density at radius 2 is 1.47 bits per heavy atom. The maximum atomic E-state index is 9.87. The fourth-order valence-electron chi connectivity index (χ4n) is 2.71. The molecule has 30 heavy (non-hydrogen) atoms. The lowest BCUT2D eigenvalue weighted by atomic mass is 10.1. The summed E-state index contributed by atoms with van der Waals surface area (Å²) in [7, 11) is -4.94. The minimum absolute atomic E-state index is 0.203. The number of hydrogen-bond acceptors (Lipinski definition) is 6. The van der Waals surface area contributed by atoms with E-state index in [1.165, 1.54) is 0 Å². The van der Waals surface area contributed by atoms with E-state index in [1.807, 2.05) is 60.7 Å². The van der Waals surface area contributed by atoms with Gasteiger partial charge in [0.15, 0.2) is 0 Å². The summed E-state index contributed by atoms with van der Waals surface area (Å²) in [6, 6.07) is 25.0. The van der Waals surface area contributed by atoms with Crippen LogP contribution in [0.15, 0.2) is 87.8 Å². The number of aromatic hydroxyl groups is 1. The summed E-state index contributed by atoms with van der Waals surface area (Å²) in [5.74, 6) is 0.965. The maximum Gasteiger partial charge on any atom is 0.218 e. The van der Waals surface area contributed by atoms with Crippen LogP contribution >= 0.6 is 15.9 Å². The summed E-state index contributed by atoms with van der Waals surface area (Å²) >= 11 is 3.45. The molecule has 9 heteroatoms. The van der Waals surface area contributed by atoms with E-state index in [9.17, 15) is 5.11 Å². The molecule has 2 N–H and O–H groups in total. The molecule has 0 amide bonds. The van der Waals surface area contributed by atoms with Gasteiger partial charge in [-0.2, -0.15) is 0 Å². The number of nitrogens with one attached hydrogen (secondary N) is 1. The van der Waals surface area contributed by atoms with Crippen LogP contribution in [0.25, 0.3) is 22.3 Å². The van der Waals surface area contributed by atoms with Crippen molar-refractivity contribution < 1.29 is 43.4 Å². The molecule has 0 spiro atoms. The van der Waals surface area contributed by atoms with Gasteiger partial charge in [-0.25, -0.2) is 23.6 Å². The van der Waals surface area contributed by atoms with Gasteiger partial charge in [0, 0.05) is 22.2 Å². The molecule has 0 aliphatic rings. The number of hydrogen-bond donors (Lipinski definition) is 2. The maximum absolute atomic E-state index is 9.87. The van der Waals surface area contributed by atoms with Gasteiger partial charge >= 0.3 is 0 Å². The highest BCUT2D eigenvalue weighted by molar-refractivity contribution is 9.10. The molecule has 0 bridgehead atoms. The van der Waals surface area contributed by atoms with E-state index in [0.29, 0.717) is 5.58 Å². The van der Waals surface area contributed by atoms with Crippen LogP contribution in [0, 0.1) is 10.2 Å². The van der Waals surface area contributed by atoms with Gasteiger partial charge < -0.3 is 9.52 Å². The van der Waals surface area contributed by atoms with Gasteiger partial charge in [-0.15, -0.1) is 10.2 Å². The van der Waals surface area contributed by atoms with E-state index in [0.717, 1.165) is 32.2 Å². The Labute approximate surface area is 181 Å². The molecule has 0 atom stereocenters. The van der Waals surface area contributed by atoms with E-state index < -0.39 is 10.2 Å².